The molecular formula is C100H153N3O27. The van der Waals surface area contributed by atoms with Crippen molar-refractivity contribution in [3.63, 3.8) is 0 Å². The summed E-state index contributed by atoms with van der Waals surface area (Å²) in [6.45, 7) is 40.3. The third-order valence-corrected chi connectivity index (χ3v) is 37.2. The van der Waals surface area contributed by atoms with Crippen LogP contribution in [-0.2, 0) is 114 Å². The fourth-order valence-electron chi connectivity index (χ4n) is 27.7. The number of ether oxygens (including phenoxy) is 10. The highest BCUT2D eigenvalue weighted by molar-refractivity contribution is 5.88. The number of esters is 9. The van der Waals surface area contributed by atoms with Crippen molar-refractivity contribution < 1.29 is 130 Å². The van der Waals surface area contributed by atoms with Crippen LogP contribution in [0.15, 0.2) is 0 Å². The van der Waals surface area contributed by atoms with E-state index in [4.69, 9.17) is 62.7 Å². The van der Waals surface area contributed by atoms with Crippen molar-refractivity contribution in [1.82, 2.24) is 16.0 Å². The molecule has 14 saturated carbocycles. The van der Waals surface area contributed by atoms with Crippen LogP contribution in [0.25, 0.3) is 0 Å². The van der Waals surface area contributed by atoms with Crippen LogP contribution in [0.3, 0.4) is 0 Å². The average molecular weight is 1830 g/mol. The van der Waals surface area contributed by atoms with Crippen LogP contribution in [0.4, 0.5) is 0 Å². The number of fused-ring (bicyclic) bond motifs is 14. The monoisotopic (exact) mass is 1830 g/mol. The van der Waals surface area contributed by atoms with Crippen molar-refractivity contribution in [3.05, 3.63) is 0 Å². The van der Waals surface area contributed by atoms with Gasteiger partial charge in [-0.3, -0.25) is 52.7 Å². The molecule has 6 N–H and O–H groups in total. The first-order chi connectivity index (χ1) is 61.4. The van der Waals surface area contributed by atoms with Crippen molar-refractivity contribution in [2.24, 2.45) is 213 Å². The van der Waals surface area contributed by atoms with E-state index in [2.05, 4.69) is 113 Å². The summed E-state index contributed by atoms with van der Waals surface area (Å²) in [6, 6.07) is -1.49. The molecule has 0 aromatic heterocycles. The number of hydrogen-bond acceptors (Lipinski definition) is 25. The molecule has 30 nitrogen and oxygen atoms in total. The molecule has 14 bridgehead atoms. The highest BCUT2D eigenvalue weighted by Gasteiger charge is 2.60. The highest BCUT2D eigenvalue weighted by atomic mass is 16.6. The summed E-state index contributed by atoms with van der Waals surface area (Å²) >= 11 is 0. The molecule has 14 aliphatic carbocycles. The van der Waals surface area contributed by atoms with Gasteiger partial charge in [0.25, 0.3) is 0 Å². The number of aliphatic hydroxyl groups is 1. The summed E-state index contributed by atoms with van der Waals surface area (Å²) in [5.74, 6) is 12.8. The van der Waals surface area contributed by atoms with Crippen LogP contribution in [0.5, 0.6) is 0 Å². The smallest absolute Gasteiger partial charge is 0.348 e. The van der Waals surface area contributed by atoms with Crippen molar-refractivity contribution in [1.29, 1.82) is 0 Å². The number of carboxylic acid groups (broad SMARTS) is 2. The molecule has 4 saturated heterocycles. The Bertz CT molecular complexity index is 4060. The number of carbonyl (C=O) groups excluding carboxylic acids is 12. The second kappa shape index (κ2) is 43.0. The van der Waals surface area contributed by atoms with Gasteiger partial charge in [0.15, 0.2) is 0 Å². The van der Waals surface area contributed by atoms with Crippen LogP contribution in [0.1, 0.15) is 234 Å². The number of carbonyl (C=O) groups is 14. The molecule has 130 heavy (non-hydrogen) atoms. The summed E-state index contributed by atoms with van der Waals surface area (Å²) in [6.07, 6.45) is 13.3. The maximum atomic E-state index is 12.5. The van der Waals surface area contributed by atoms with Crippen LogP contribution in [0.2, 0.25) is 0 Å². The van der Waals surface area contributed by atoms with Gasteiger partial charge in [-0.15, -0.1) is 0 Å². The Morgan fingerprint density at radius 2 is 0.738 bits per heavy atom. The number of rotatable bonds is 22. The van der Waals surface area contributed by atoms with Crippen molar-refractivity contribution in [2.45, 2.75) is 270 Å². The van der Waals surface area contributed by atoms with Gasteiger partial charge in [-0.05, 0) is 269 Å². The molecule has 4 heterocycles. The van der Waals surface area contributed by atoms with E-state index in [9.17, 15) is 67.1 Å². The summed E-state index contributed by atoms with van der Waals surface area (Å²) < 4.78 is 51.2. The van der Waals surface area contributed by atoms with Gasteiger partial charge in [0.1, 0.15) is 57.3 Å². The summed E-state index contributed by atoms with van der Waals surface area (Å²) in [4.78, 5) is 163. The molecule has 18 aliphatic rings. The Hall–Kier alpha value is -7.50. The van der Waals surface area contributed by atoms with Gasteiger partial charge < -0.3 is 78.6 Å². The minimum absolute atomic E-state index is 0.00889. The number of aliphatic carboxylic acids is 2. The van der Waals surface area contributed by atoms with E-state index in [0.29, 0.717) is 187 Å². The largest absolute Gasteiger partial charge is 0.480 e. The highest BCUT2D eigenvalue weighted by Crippen LogP contribution is 2.61. The fourth-order valence-corrected chi connectivity index (χ4v) is 27.7. The van der Waals surface area contributed by atoms with E-state index in [1.165, 1.54) is 19.8 Å². The predicted octanol–water partition coefficient (Wildman–Crippen LogP) is 11.3. The zero-order valence-corrected chi connectivity index (χ0v) is 80.2. The Kier molecular flexibility index (Phi) is 33.6. The summed E-state index contributed by atoms with van der Waals surface area (Å²) in [7, 11) is 0. The van der Waals surface area contributed by atoms with E-state index >= 15 is 0 Å². The number of hydrogen-bond donors (Lipinski definition) is 6. The standard InChI is InChI=1S/C17H25NO5.C16H24O4.2C14H20O4.C14H24O4.C13H21NO3.C12H19NO3/c1-8-9(2)13-4-11(8)5-14(13)16(20)18-10(3)17(21)23-12-6-15(19)22-7-12;1-8-9(2)11-5-10(8)6-12(11)14(17)20-13-15(18)19-7-16(13,3)4;1-7-8(2)11-3-9(7)4-12(11)14(16)18-10-5-13(15)17-6-10;1-7-8(2)10-5-9(7)6-11(10)13(15)18-12-3-4-17-14(12)16;1-9-10(2)12-7-11(9)8-13(12)14(16)18-6-5-17-4-3-15;1-6-7(2)10-4-9(6)5-11(10)12(15)14-8(3)13(16)17;1-6-7(2)9-3-8(6)4-10(9)12(16)13-5-11(14)15/h8-14H,4-7H2,1-3H3,(H,18,20);8-13H,5-7H2,1-4H3;2*7-12H,3-6H2,1-2H3;9-13,15H,3-8H2,1-2H3;6-11H,4-5H2,1-3H3,(H,14,15)(H,16,17);6-10H,3-5H2,1-2H3,(H,13,16)(H,14,15). The van der Waals surface area contributed by atoms with Gasteiger partial charge in [0.05, 0.1) is 62.9 Å². The number of aliphatic hydroxyl groups excluding tert-OH is 1. The molecule has 18 rings (SSSR count). The SMILES string of the molecule is CC(NC(=O)C1CC2CC1C(C)C2C)C(=O)O.CC(NC(=O)C1CC2CC1C(C)C2C)C(=O)OC1COC(=O)C1.CC1C2CC(C(=O)NCC(=O)O)C(C2)C1C.CC1C2CC(C(=O)OC3C(=O)OCC3(C)C)C(C2)C1C.CC1C2CC(C(=O)OC3CCOC3=O)C(C2)C1C.CC1C2CC(C(=O)OC3COC(=O)C3)C(C2)C1C.CC1C2CC(C(=O)OCCOCCO)C(C2)C1C. The third-order valence-electron chi connectivity index (χ3n) is 37.2. The molecule has 41 atom stereocenters. The van der Waals surface area contributed by atoms with Crippen molar-refractivity contribution in [2.75, 3.05) is 59.4 Å². The van der Waals surface area contributed by atoms with Gasteiger partial charge in [-0.2, -0.15) is 0 Å². The lowest BCUT2D eigenvalue weighted by molar-refractivity contribution is -0.168. The molecule has 4 aliphatic heterocycles. The number of nitrogens with one attached hydrogen (secondary N) is 3. The van der Waals surface area contributed by atoms with E-state index in [1.807, 2.05) is 13.8 Å². The minimum Gasteiger partial charge on any atom is -0.480 e. The number of carboxylic acids is 2. The Morgan fingerprint density at radius 3 is 1.06 bits per heavy atom. The molecule has 3 amide bonds. The Morgan fingerprint density at radius 1 is 0.392 bits per heavy atom. The lowest BCUT2D eigenvalue weighted by atomic mass is 9.75. The Balaban J connectivity index is 0.000000138. The van der Waals surface area contributed by atoms with Gasteiger partial charge in [-0.25, -0.2) is 14.4 Å². The van der Waals surface area contributed by atoms with Crippen LogP contribution in [0, 0.1) is 213 Å². The maximum Gasteiger partial charge on any atom is 0.348 e. The van der Waals surface area contributed by atoms with E-state index in [0.717, 1.165) is 94.8 Å². The third kappa shape index (κ3) is 22.5. The fraction of sp³-hybridized carbons (Fsp3) is 0.860. The first-order valence-electron chi connectivity index (χ1n) is 49.5. The van der Waals surface area contributed by atoms with Crippen LogP contribution >= 0.6 is 0 Å². The molecule has 0 aromatic carbocycles. The quantitative estimate of drug-likeness (QED) is 0.0333. The van der Waals surface area contributed by atoms with Gasteiger partial charge in [-0.1, -0.05) is 111 Å². The molecule has 0 aromatic rings. The second-order valence-electron chi connectivity index (χ2n) is 44.1. The summed E-state index contributed by atoms with van der Waals surface area (Å²) in [5, 5.41) is 33.7. The molecule has 0 spiro atoms. The lowest BCUT2D eigenvalue weighted by Gasteiger charge is -2.31. The van der Waals surface area contributed by atoms with Crippen molar-refractivity contribution >= 4 is 83.4 Å². The van der Waals surface area contributed by atoms with Gasteiger partial charge in [0, 0.05) is 29.6 Å². The predicted molar refractivity (Wildman–Crippen MR) is 470 cm³/mol. The molecular weight excluding hydrogens is 1680 g/mol. The number of cyclic esters (lactones) is 4. The van der Waals surface area contributed by atoms with Gasteiger partial charge in [0.2, 0.25) is 29.9 Å². The zero-order chi connectivity index (χ0) is 94.8. The molecule has 730 valence electrons. The van der Waals surface area contributed by atoms with Crippen LogP contribution < -0.4 is 16.0 Å². The zero-order valence-electron chi connectivity index (χ0n) is 80.2. The van der Waals surface area contributed by atoms with E-state index in [-0.39, 0.29) is 146 Å². The van der Waals surface area contributed by atoms with Crippen LogP contribution in [-0.4, -0.2) is 195 Å². The normalized spacial score (nSPS) is 42.6. The lowest BCUT2D eigenvalue weighted by Crippen LogP contribution is -2.45. The average Bonchev–Trinajstić information content (AvgIpc) is 1.65. The maximum absolute atomic E-state index is 12.5. The first kappa shape index (κ1) is 101. The van der Waals surface area contributed by atoms with E-state index < -0.39 is 59.7 Å². The topological polar surface area (TPSA) is 428 Å². The number of amides is 3. The summed E-state index contributed by atoms with van der Waals surface area (Å²) in [5.41, 5.74) is -0.413. The molecule has 41 unspecified atom stereocenters. The first-order valence-corrected chi connectivity index (χ1v) is 49.5. The second-order valence-corrected chi connectivity index (χ2v) is 44.1. The molecule has 18 fully saturated rings. The van der Waals surface area contributed by atoms with Crippen molar-refractivity contribution in [3.8, 4) is 0 Å². The van der Waals surface area contributed by atoms with E-state index in [1.54, 1.807) is 6.92 Å². The Labute approximate surface area is 767 Å². The molecule has 0 radical (unpaired) electrons. The minimum atomic E-state index is -0.974. The van der Waals surface area contributed by atoms with Gasteiger partial charge >= 0.3 is 65.7 Å². The molecule has 30 heteroatoms.